The molecule has 0 aromatic heterocycles. The number of carbonyl (C=O) groups excluding carboxylic acids is 2. The summed E-state index contributed by atoms with van der Waals surface area (Å²) < 4.78 is 6.71. The molecule has 0 aromatic rings. The number of Topliss-reactive ketones (excluding diaryl/α,β-unsaturated/α-hetero) is 2. The molecule has 1 heterocycles. The van der Waals surface area contributed by atoms with E-state index in [0.717, 1.165) is 64.2 Å². The number of ether oxygens (including phenoxy) is 1. The van der Waals surface area contributed by atoms with Gasteiger partial charge < -0.3 is 4.74 Å². The molecule has 0 aromatic carbocycles. The van der Waals surface area contributed by atoms with Crippen molar-refractivity contribution in [1.29, 1.82) is 0 Å². The van der Waals surface area contributed by atoms with E-state index in [9.17, 15) is 4.79 Å². The topological polar surface area (TPSA) is 43.4 Å². The molecule has 336 valence electrons. The van der Waals surface area contributed by atoms with E-state index in [1.54, 1.807) is 0 Å². The Morgan fingerprint density at radius 3 is 0.895 bits per heavy atom. The Kier molecular flexibility index (Phi) is 32.2. The van der Waals surface area contributed by atoms with Crippen LogP contribution >= 0.6 is 0 Å². The van der Waals surface area contributed by atoms with Gasteiger partial charge in [0.15, 0.2) is 0 Å². The van der Waals surface area contributed by atoms with Crippen molar-refractivity contribution >= 4 is 11.6 Å². The van der Waals surface area contributed by atoms with Crippen molar-refractivity contribution in [2.24, 2.45) is 22.7 Å². The molecule has 4 atom stereocenters. The van der Waals surface area contributed by atoms with Crippen LogP contribution < -0.4 is 0 Å². The van der Waals surface area contributed by atoms with Crippen LogP contribution in [0.3, 0.4) is 0 Å². The molecule has 3 nitrogen and oxygen atoms in total. The molecule has 0 radical (unpaired) electrons. The third-order valence-corrected chi connectivity index (χ3v) is 14.6. The number of carbonyl (C=O) groups is 2. The van der Waals surface area contributed by atoms with Gasteiger partial charge in [-0.3, -0.25) is 9.59 Å². The molecular formula is C54H102O3. The first kappa shape index (κ1) is 52.4. The summed E-state index contributed by atoms with van der Waals surface area (Å²) in [6.07, 6.45) is 52.4. The van der Waals surface area contributed by atoms with Gasteiger partial charge in [-0.1, -0.05) is 259 Å². The molecule has 2 rings (SSSR count). The molecule has 1 saturated carbocycles. The van der Waals surface area contributed by atoms with Gasteiger partial charge >= 0.3 is 0 Å². The maximum Gasteiger partial charge on any atom is 0.149 e. The second kappa shape index (κ2) is 35.0. The van der Waals surface area contributed by atoms with Gasteiger partial charge in [0, 0.05) is 11.8 Å². The van der Waals surface area contributed by atoms with Crippen LogP contribution in [0, 0.1) is 22.7 Å². The lowest BCUT2D eigenvalue weighted by Gasteiger charge is -2.51. The van der Waals surface area contributed by atoms with E-state index in [4.69, 9.17) is 4.74 Å². The van der Waals surface area contributed by atoms with Crippen LogP contribution in [0.25, 0.3) is 0 Å². The summed E-state index contributed by atoms with van der Waals surface area (Å²) in [5.74, 6) is 1.17. The summed E-state index contributed by atoms with van der Waals surface area (Å²) in [5, 5.41) is 0. The molecule has 2 aliphatic rings. The fraction of sp³-hybridized carbons (Fsp3) is 0.963. The molecule has 57 heavy (non-hydrogen) atoms. The Balaban J connectivity index is 2.17. The predicted molar refractivity (Wildman–Crippen MR) is 249 cm³/mol. The average Bonchev–Trinajstić information content (AvgIpc) is 3.21. The molecule has 3 heteroatoms. The van der Waals surface area contributed by atoms with E-state index in [1.165, 1.54) is 205 Å². The van der Waals surface area contributed by atoms with Crippen LogP contribution in [0.15, 0.2) is 0 Å². The Bertz CT molecular complexity index is 873. The maximum atomic E-state index is 15.4. The summed E-state index contributed by atoms with van der Waals surface area (Å²) in [6.45, 7) is 10.3. The third-order valence-electron chi connectivity index (χ3n) is 14.6. The Morgan fingerprint density at radius 1 is 0.368 bits per heavy atom. The largest absolute Gasteiger partial charge is 0.379 e. The fourth-order valence-corrected chi connectivity index (χ4v) is 10.9. The Morgan fingerprint density at radius 2 is 0.614 bits per heavy atom. The van der Waals surface area contributed by atoms with Gasteiger partial charge in [-0.05, 0) is 38.5 Å². The first-order valence-corrected chi connectivity index (χ1v) is 26.6. The van der Waals surface area contributed by atoms with E-state index >= 15 is 4.79 Å². The molecule has 2 bridgehead atoms. The van der Waals surface area contributed by atoms with Crippen molar-refractivity contribution in [1.82, 2.24) is 0 Å². The second-order valence-corrected chi connectivity index (χ2v) is 20.0. The zero-order valence-corrected chi connectivity index (χ0v) is 39.5. The second-order valence-electron chi connectivity index (χ2n) is 20.0. The smallest absolute Gasteiger partial charge is 0.149 e. The minimum Gasteiger partial charge on any atom is -0.379 e. The minimum atomic E-state index is -0.457. The first-order valence-electron chi connectivity index (χ1n) is 26.6. The highest BCUT2D eigenvalue weighted by atomic mass is 16.5. The summed E-state index contributed by atoms with van der Waals surface area (Å²) >= 11 is 0. The van der Waals surface area contributed by atoms with Crippen LogP contribution in [-0.4, -0.2) is 24.8 Å². The molecule has 1 aliphatic carbocycles. The summed E-state index contributed by atoms with van der Waals surface area (Å²) in [6, 6.07) is 0. The van der Waals surface area contributed by atoms with Crippen molar-refractivity contribution in [2.75, 3.05) is 13.2 Å². The normalized spacial score (nSPS) is 22.6. The van der Waals surface area contributed by atoms with Gasteiger partial charge in [0.1, 0.15) is 11.6 Å². The monoisotopic (exact) mass is 799 g/mol. The predicted octanol–water partition coefficient (Wildman–Crippen LogP) is 17.8. The summed E-state index contributed by atoms with van der Waals surface area (Å²) in [7, 11) is 0. The number of rotatable bonds is 40. The number of hydrogen-bond acceptors (Lipinski definition) is 3. The maximum absolute atomic E-state index is 15.4. The van der Waals surface area contributed by atoms with Crippen LogP contribution in [0.5, 0.6) is 0 Å². The summed E-state index contributed by atoms with van der Waals surface area (Å²) in [4.78, 5) is 30.4. The zero-order chi connectivity index (χ0) is 41.1. The van der Waals surface area contributed by atoms with Crippen molar-refractivity contribution in [3.05, 3.63) is 0 Å². The lowest BCUT2D eigenvalue weighted by Crippen LogP contribution is -2.57. The van der Waals surface area contributed by atoms with Crippen LogP contribution in [-0.2, 0) is 14.3 Å². The highest BCUT2D eigenvalue weighted by Gasteiger charge is 2.57. The van der Waals surface area contributed by atoms with Gasteiger partial charge in [0.2, 0.25) is 0 Å². The highest BCUT2D eigenvalue weighted by molar-refractivity contribution is 5.94. The minimum absolute atomic E-state index is 0.0352. The van der Waals surface area contributed by atoms with Gasteiger partial charge in [-0.15, -0.1) is 0 Å². The van der Waals surface area contributed by atoms with E-state index in [2.05, 4.69) is 27.7 Å². The Hall–Kier alpha value is -0.700. The average molecular weight is 799 g/mol. The SMILES string of the molecule is CCCCCCCCCCCC1CC2(CCCCCCCCCCC)COCC(CCCCCCCCCCC)(CC(CCCCCCCCCCC)C1=O)C2=O. The van der Waals surface area contributed by atoms with Crippen molar-refractivity contribution in [2.45, 2.75) is 297 Å². The van der Waals surface area contributed by atoms with Crippen molar-refractivity contribution < 1.29 is 14.3 Å². The number of hydrogen-bond donors (Lipinski definition) is 0. The van der Waals surface area contributed by atoms with E-state index in [0.29, 0.717) is 24.8 Å². The number of fused-ring (bicyclic) bond motifs is 2. The van der Waals surface area contributed by atoms with E-state index in [1.807, 2.05) is 0 Å². The van der Waals surface area contributed by atoms with Crippen molar-refractivity contribution in [3.63, 3.8) is 0 Å². The third kappa shape index (κ3) is 22.6. The number of ketones is 2. The Labute approximate surface area is 358 Å². The lowest BCUT2D eigenvalue weighted by atomic mass is 9.55. The molecule has 0 N–H and O–H groups in total. The summed E-state index contributed by atoms with van der Waals surface area (Å²) in [5.41, 5.74) is -0.915. The van der Waals surface area contributed by atoms with E-state index < -0.39 is 10.8 Å². The van der Waals surface area contributed by atoms with Gasteiger partial charge in [0.25, 0.3) is 0 Å². The lowest BCUT2D eigenvalue weighted by molar-refractivity contribution is -0.171. The quantitative estimate of drug-likeness (QED) is 0.0580. The molecule has 1 saturated heterocycles. The standard InChI is InChI=1S/C54H102O3/c1-5-9-13-17-21-25-29-33-37-41-49-45-53(43-39-35-31-27-23-19-15-11-7-3)47-57-48-54(52(53)56,44-40-36-32-28-24-20-16-12-8-4)46-50(51(49)55)42-38-34-30-26-22-18-14-10-6-2/h49-50H,5-48H2,1-4H3. The van der Waals surface area contributed by atoms with Crippen LogP contribution in [0.4, 0.5) is 0 Å². The van der Waals surface area contributed by atoms with Gasteiger partial charge in [-0.25, -0.2) is 0 Å². The van der Waals surface area contributed by atoms with Crippen molar-refractivity contribution in [3.8, 4) is 0 Å². The molecule has 0 spiro atoms. The van der Waals surface area contributed by atoms with Gasteiger partial charge in [-0.2, -0.15) is 0 Å². The van der Waals surface area contributed by atoms with Crippen LogP contribution in [0.2, 0.25) is 0 Å². The van der Waals surface area contributed by atoms with Gasteiger partial charge in [0.05, 0.1) is 24.0 Å². The number of unbranched alkanes of at least 4 members (excludes halogenated alkanes) is 32. The molecule has 1 aliphatic heterocycles. The molecule has 4 unspecified atom stereocenters. The first-order chi connectivity index (χ1) is 28.0. The molecule has 0 amide bonds. The molecular weight excluding hydrogens is 697 g/mol. The fourth-order valence-electron chi connectivity index (χ4n) is 10.9. The highest BCUT2D eigenvalue weighted by Crippen LogP contribution is 2.52. The van der Waals surface area contributed by atoms with E-state index in [-0.39, 0.29) is 11.8 Å². The van der Waals surface area contributed by atoms with Crippen LogP contribution in [0.1, 0.15) is 297 Å². The zero-order valence-electron chi connectivity index (χ0n) is 39.5. The molecule has 2 fully saturated rings.